The van der Waals surface area contributed by atoms with Crippen LogP contribution in [0.4, 0.5) is 15.9 Å². The second-order valence-electron chi connectivity index (χ2n) is 5.75. The zero-order chi connectivity index (χ0) is 18.6. The van der Waals surface area contributed by atoms with Crippen LogP contribution in [0.1, 0.15) is 32.3 Å². The summed E-state index contributed by atoms with van der Waals surface area (Å²) in [6, 6.07) is 4.10. The number of unbranched alkanes of at least 4 members (excludes halogenated alkanes) is 1. The lowest BCUT2D eigenvalue weighted by atomic mass is 10.2. The van der Waals surface area contributed by atoms with E-state index in [-0.39, 0.29) is 23.1 Å². The van der Waals surface area contributed by atoms with Crippen LogP contribution in [0.2, 0.25) is 5.02 Å². The van der Waals surface area contributed by atoms with Crippen LogP contribution in [0.15, 0.2) is 27.8 Å². The Morgan fingerprint density at radius 1 is 1.32 bits per heavy atom. The first-order valence-corrected chi connectivity index (χ1v) is 8.58. The number of hydrogen-bond donors (Lipinski definition) is 2. The summed E-state index contributed by atoms with van der Waals surface area (Å²) in [7, 11) is 0. The molecule has 2 rings (SSSR count). The smallest absolute Gasteiger partial charge is 0.330 e. The Balaban J connectivity index is 2.46. The third kappa shape index (κ3) is 4.22. The van der Waals surface area contributed by atoms with Gasteiger partial charge in [-0.2, -0.15) is 0 Å². The molecule has 2 aromatic rings. The molecule has 0 bridgehead atoms. The van der Waals surface area contributed by atoms with E-state index in [0.717, 1.165) is 12.8 Å². The van der Waals surface area contributed by atoms with Crippen LogP contribution in [0.5, 0.6) is 0 Å². The number of aromatic amines is 1. The zero-order valence-corrected chi connectivity index (χ0v) is 15.1. The topological polar surface area (TPSA) is 84.1 Å². The average molecular weight is 369 g/mol. The van der Waals surface area contributed by atoms with Crippen LogP contribution in [0, 0.1) is 5.82 Å². The van der Waals surface area contributed by atoms with E-state index in [1.165, 1.54) is 16.7 Å². The molecule has 25 heavy (non-hydrogen) atoms. The van der Waals surface area contributed by atoms with Gasteiger partial charge in [-0.3, -0.25) is 14.3 Å². The third-order valence-corrected chi connectivity index (χ3v) is 4.38. The molecule has 0 amide bonds. The predicted molar refractivity (Wildman–Crippen MR) is 98.8 cm³/mol. The SMILES string of the molecule is CCCCn1c(N)c(N(CC)Cc2ccc(F)cc2Cl)c(=O)[nH]c1=O. The number of rotatable bonds is 7. The van der Waals surface area contributed by atoms with E-state index in [4.69, 9.17) is 17.3 Å². The maximum Gasteiger partial charge on any atom is 0.330 e. The number of nitrogens with zero attached hydrogens (tertiary/aromatic N) is 2. The Morgan fingerprint density at radius 2 is 2.04 bits per heavy atom. The molecule has 0 fully saturated rings. The van der Waals surface area contributed by atoms with E-state index in [1.54, 1.807) is 11.0 Å². The zero-order valence-electron chi connectivity index (χ0n) is 14.3. The number of halogens is 2. The van der Waals surface area contributed by atoms with Crippen LogP contribution in [-0.4, -0.2) is 16.1 Å². The molecule has 3 N–H and O–H groups in total. The maximum absolute atomic E-state index is 13.2. The van der Waals surface area contributed by atoms with Crippen molar-refractivity contribution in [3.05, 3.63) is 55.4 Å². The quantitative estimate of drug-likeness (QED) is 0.787. The summed E-state index contributed by atoms with van der Waals surface area (Å²) in [6.07, 6.45) is 1.66. The summed E-state index contributed by atoms with van der Waals surface area (Å²) in [5.74, 6) is -0.301. The monoisotopic (exact) mass is 368 g/mol. The second kappa shape index (κ2) is 8.20. The number of nitrogen functional groups attached to an aromatic ring is 1. The van der Waals surface area contributed by atoms with Crippen LogP contribution in [-0.2, 0) is 13.1 Å². The summed E-state index contributed by atoms with van der Waals surface area (Å²) in [5.41, 5.74) is 5.95. The minimum atomic E-state index is -0.546. The van der Waals surface area contributed by atoms with Gasteiger partial charge in [0.25, 0.3) is 5.56 Å². The van der Waals surface area contributed by atoms with Crippen LogP contribution < -0.4 is 21.9 Å². The molecular weight excluding hydrogens is 347 g/mol. The van der Waals surface area contributed by atoms with E-state index in [9.17, 15) is 14.0 Å². The number of aromatic nitrogens is 2. The fraction of sp³-hybridized carbons (Fsp3) is 0.412. The van der Waals surface area contributed by atoms with Crippen molar-refractivity contribution in [2.75, 3.05) is 17.2 Å². The molecule has 136 valence electrons. The molecular formula is C17H22ClFN4O2. The molecule has 0 unspecified atom stereocenters. The second-order valence-corrected chi connectivity index (χ2v) is 6.16. The Bertz CT molecular complexity index is 863. The minimum absolute atomic E-state index is 0.127. The molecule has 0 aliphatic heterocycles. The van der Waals surface area contributed by atoms with Gasteiger partial charge in [0.05, 0.1) is 0 Å². The lowest BCUT2D eigenvalue weighted by Gasteiger charge is -2.25. The van der Waals surface area contributed by atoms with Crippen LogP contribution in [0.25, 0.3) is 0 Å². The third-order valence-electron chi connectivity index (χ3n) is 4.02. The molecule has 0 aliphatic carbocycles. The Hall–Kier alpha value is -2.28. The first-order valence-electron chi connectivity index (χ1n) is 8.20. The summed E-state index contributed by atoms with van der Waals surface area (Å²) < 4.78 is 14.6. The summed E-state index contributed by atoms with van der Waals surface area (Å²) in [4.78, 5) is 28.4. The number of nitrogens with one attached hydrogen (secondary N) is 1. The Kier molecular flexibility index (Phi) is 6.25. The highest BCUT2D eigenvalue weighted by Gasteiger charge is 2.19. The van der Waals surface area contributed by atoms with Gasteiger partial charge in [-0.15, -0.1) is 0 Å². The van der Waals surface area contributed by atoms with Gasteiger partial charge in [-0.05, 0) is 31.0 Å². The molecule has 1 aromatic carbocycles. The van der Waals surface area contributed by atoms with Crippen LogP contribution >= 0.6 is 11.6 Å². The lowest BCUT2D eigenvalue weighted by molar-refractivity contribution is 0.602. The van der Waals surface area contributed by atoms with Gasteiger partial charge in [0, 0.05) is 24.7 Å². The molecule has 1 heterocycles. The molecule has 8 heteroatoms. The van der Waals surface area contributed by atoms with Gasteiger partial charge < -0.3 is 10.6 Å². The van der Waals surface area contributed by atoms with Crippen LogP contribution in [0.3, 0.4) is 0 Å². The van der Waals surface area contributed by atoms with E-state index in [1.807, 2.05) is 13.8 Å². The first kappa shape index (κ1) is 19.1. The summed E-state index contributed by atoms with van der Waals surface area (Å²) in [5, 5.41) is 0.271. The standard InChI is InChI=1S/C17H22ClFN4O2/c1-3-5-8-23-15(20)14(16(24)21-17(23)25)22(4-2)10-11-6-7-12(19)9-13(11)18/h6-7,9H,3-5,8,10,20H2,1-2H3,(H,21,24,25). The molecule has 0 saturated heterocycles. The van der Waals surface area contributed by atoms with Crippen molar-refractivity contribution in [3.8, 4) is 0 Å². The molecule has 0 radical (unpaired) electrons. The molecule has 0 saturated carbocycles. The Morgan fingerprint density at radius 3 is 2.64 bits per heavy atom. The fourth-order valence-corrected chi connectivity index (χ4v) is 2.85. The summed E-state index contributed by atoms with van der Waals surface area (Å²) in [6.45, 7) is 5.03. The van der Waals surface area contributed by atoms with E-state index in [0.29, 0.717) is 18.7 Å². The number of nitrogens with two attached hydrogens (primary N) is 1. The number of hydrogen-bond acceptors (Lipinski definition) is 4. The molecule has 0 spiro atoms. The van der Waals surface area contributed by atoms with Gasteiger partial charge >= 0.3 is 5.69 Å². The van der Waals surface area contributed by atoms with Gasteiger partial charge in [0.15, 0.2) is 0 Å². The van der Waals surface area contributed by atoms with Crippen molar-refractivity contribution in [2.24, 2.45) is 0 Å². The minimum Gasteiger partial charge on any atom is -0.383 e. The highest BCUT2D eigenvalue weighted by atomic mass is 35.5. The van der Waals surface area contributed by atoms with Crippen molar-refractivity contribution in [1.82, 2.24) is 9.55 Å². The number of benzene rings is 1. The van der Waals surface area contributed by atoms with Gasteiger partial charge in [-0.25, -0.2) is 9.18 Å². The first-order chi connectivity index (χ1) is 11.9. The number of H-pyrrole nitrogens is 1. The van der Waals surface area contributed by atoms with Gasteiger partial charge in [0.1, 0.15) is 17.3 Å². The van der Waals surface area contributed by atoms with E-state index in [2.05, 4.69) is 4.98 Å². The highest BCUT2D eigenvalue weighted by molar-refractivity contribution is 6.31. The molecule has 0 aliphatic rings. The average Bonchev–Trinajstić information content (AvgIpc) is 2.55. The largest absolute Gasteiger partial charge is 0.383 e. The van der Waals surface area contributed by atoms with E-state index >= 15 is 0 Å². The molecule has 6 nitrogen and oxygen atoms in total. The predicted octanol–water partition coefficient (Wildman–Crippen LogP) is 2.74. The van der Waals surface area contributed by atoms with Crippen molar-refractivity contribution < 1.29 is 4.39 Å². The maximum atomic E-state index is 13.2. The van der Waals surface area contributed by atoms with Gasteiger partial charge in [0.2, 0.25) is 0 Å². The normalized spacial score (nSPS) is 10.9. The molecule has 1 aromatic heterocycles. The van der Waals surface area contributed by atoms with Crippen molar-refractivity contribution in [1.29, 1.82) is 0 Å². The highest BCUT2D eigenvalue weighted by Crippen LogP contribution is 2.23. The van der Waals surface area contributed by atoms with Crippen molar-refractivity contribution >= 4 is 23.1 Å². The van der Waals surface area contributed by atoms with E-state index < -0.39 is 17.1 Å². The Labute approximate surface area is 150 Å². The van der Waals surface area contributed by atoms with Crippen molar-refractivity contribution in [2.45, 2.75) is 39.8 Å². The fourth-order valence-electron chi connectivity index (χ4n) is 2.63. The summed E-state index contributed by atoms with van der Waals surface area (Å²) >= 11 is 6.08. The lowest BCUT2D eigenvalue weighted by Crippen LogP contribution is -2.38. The van der Waals surface area contributed by atoms with Gasteiger partial charge in [-0.1, -0.05) is 31.0 Å². The molecule has 0 atom stereocenters. The van der Waals surface area contributed by atoms with Crippen molar-refractivity contribution in [3.63, 3.8) is 0 Å². The number of anilines is 2.